The Morgan fingerprint density at radius 2 is 1.80 bits per heavy atom. The maximum atomic E-state index is 13.3. The van der Waals surface area contributed by atoms with Crippen molar-refractivity contribution in [2.45, 2.75) is 13.0 Å². The number of hydrogen-bond donors (Lipinski definition) is 2. The van der Waals surface area contributed by atoms with Gasteiger partial charge < -0.3 is 10.1 Å². The van der Waals surface area contributed by atoms with E-state index in [1.807, 2.05) is 31.2 Å². The average Bonchev–Trinajstić information content (AvgIpc) is 3.39. The van der Waals surface area contributed by atoms with Gasteiger partial charge in [0.1, 0.15) is 5.76 Å². The molecule has 1 aromatic heterocycles. The predicted octanol–water partition coefficient (Wildman–Crippen LogP) is 5.66. The molecule has 2 N–H and O–H groups in total. The highest BCUT2D eigenvalue weighted by molar-refractivity contribution is 6.52. The van der Waals surface area contributed by atoms with Crippen molar-refractivity contribution in [3.8, 4) is 0 Å². The Morgan fingerprint density at radius 3 is 2.49 bits per heavy atom. The third kappa shape index (κ3) is 3.64. The van der Waals surface area contributed by atoms with Crippen LogP contribution in [0.1, 0.15) is 22.7 Å². The molecule has 1 unspecified atom stereocenters. The predicted molar refractivity (Wildman–Crippen MR) is 132 cm³/mol. The Kier molecular flexibility index (Phi) is 5.37. The molecule has 1 saturated heterocycles. The first kappa shape index (κ1) is 22.4. The lowest BCUT2D eigenvalue weighted by Crippen LogP contribution is -2.29. The van der Waals surface area contributed by atoms with E-state index >= 15 is 0 Å². The largest absolute Gasteiger partial charge is 0.507 e. The molecule has 0 radical (unpaired) electrons. The molecule has 8 nitrogen and oxygen atoms in total. The summed E-state index contributed by atoms with van der Waals surface area (Å²) >= 11 is 6.33. The van der Waals surface area contributed by atoms with Crippen molar-refractivity contribution in [3.05, 3.63) is 110 Å². The number of non-ortho nitro benzene ring substituents is 1. The molecule has 1 aliphatic rings. The average molecular weight is 488 g/mol. The number of nitrogens with one attached hydrogen (secondary N) is 1. The highest BCUT2D eigenvalue weighted by Crippen LogP contribution is 2.44. The Bertz CT molecular complexity index is 1560. The summed E-state index contributed by atoms with van der Waals surface area (Å²) in [5.41, 5.74) is 2.52. The fraction of sp³-hybridized carbons (Fsp3) is 0.0769. The van der Waals surface area contributed by atoms with Gasteiger partial charge in [-0.15, -0.1) is 0 Å². The number of fused-ring (bicyclic) bond motifs is 1. The number of aromatic nitrogens is 1. The van der Waals surface area contributed by atoms with E-state index in [1.165, 1.54) is 29.2 Å². The van der Waals surface area contributed by atoms with Crippen molar-refractivity contribution in [2.24, 2.45) is 0 Å². The first-order valence-corrected chi connectivity index (χ1v) is 11.0. The van der Waals surface area contributed by atoms with Crippen LogP contribution in [0.25, 0.3) is 16.7 Å². The van der Waals surface area contributed by atoms with E-state index < -0.39 is 28.4 Å². The number of ketones is 1. The Morgan fingerprint density at radius 1 is 1.09 bits per heavy atom. The van der Waals surface area contributed by atoms with Crippen LogP contribution >= 0.6 is 11.6 Å². The Labute approximate surface area is 204 Å². The molecule has 0 aliphatic carbocycles. The number of hydrogen-bond acceptors (Lipinski definition) is 5. The smallest absolute Gasteiger partial charge is 0.300 e. The van der Waals surface area contributed by atoms with Gasteiger partial charge in [0.05, 0.1) is 16.5 Å². The number of halogens is 1. The highest BCUT2D eigenvalue weighted by Gasteiger charge is 2.47. The summed E-state index contributed by atoms with van der Waals surface area (Å²) in [6, 6.07) is 16.7. The van der Waals surface area contributed by atoms with Crippen molar-refractivity contribution in [1.82, 2.24) is 4.98 Å². The minimum absolute atomic E-state index is 0.120. The van der Waals surface area contributed by atoms with Crippen LogP contribution < -0.4 is 4.90 Å². The van der Waals surface area contributed by atoms with Crippen molar-refractivity contribution in [2.75, 3.05) is 4.90 Å². The zero-order valence-corrected chi connectivity index (χ0v) is 19.1. The minimum Gasteiger partial charge on any atom is -0.507 e. The van der Waals surface area contributed by atoms with E-state index in [2.05, 4.69) is 4.98 Å². The molecule has 4 aromatic rings. The third-order valence-electron chi connectivity index (χ3n) is 6.15. The Balaban J connectivity index is 1.75. The normalized spacial score (nSPS) is 17.3. The molecule has 3 aromatic carbocycles. The van der Waals surface area contributed by atoms with Crippen LogP contribution in [0.15, 0.2) is 78.5 Å². The van der Waals surface area contributed by atoms with Crippen LogP contribution in [0.5, 0.6) is 0 Å². The number of benzene rings is 3. The summed E-state index contributed by atoms with van der Waals surface area (Å²) < 4.78 is 0. The number of carbonyl (C=O) groups is 2. The second-order valence-electron chi connectivity index (χ2n) is 8.20. The Hall–Kier alpha value is -4.43. The number of rotatable bonds is 4. The quantitative estimate of drug-likeness (QED) is 0.126. The molecule has 35 heavy (non-hydrogen) atoms. The van der Waals surface area contributed by atoms with Crippen LogP contribution in [0.3, 0.4) is 0 Å². The van der Waals surface area contributed by atoms with Crippen LogP contribution in [-0.4, -0.2) is 26.7 Å². The molecule has 1 atom stereocenters. The fourth-order valence-electron chi connectivity index (χ4n) is 4.34. The lowest BCUT2D eigenvalue weighted by molar-refractivity contribution is -0.384. The van der Waals surface area contributed by atoms with E-state index in [0.29, 0.717) is 16.3 Å². The number of nitro benzene ring substituents is 1. The summed E-state index contributed by atoms with van der Waals surface area (Å²) in [7, 11) is 0. The lowest BCUT2D eigenvalue weighted by Gasteiger charge is -2.25. The molecule has 1 fully saturated rings. The molecule has 2 heterocycles. The van der Waals surface area contributed by atoms with E-state index in [4.69, 9.17) is 11.6 Å². The van der Waals surface area contributed by atoms with Gasteiger partial charge in [-0.05, 0) is 42.8 Å². The number of amides is 1. The number of Topliss-reactive ketones (excluding diaryl/α,β-unsaturated/α-hetero) is 1. The van der Waals surface area contributed by atoms with Gasteiger partial charge in [0.2, 0.25) is 0 Å². The van der Waals surface area contributed by atoms with E-state index in [9.17, 15) is 24.8 Å². The third-order valence-corrected chi connectivity index (χ3v) is 6.55. The summed E-state index contributed by atoms with van der Waals surface area (Å²) in [4.78, 5) is 41.6. The molecule has 1 amide bonds. The standard InChI is InChI=1S/C26H18ClN3O5/c1-14-6-9-17(12-20(14)27)29-23(19-13-28-21-5-3-2-4-18(19)21)22(25(32)26(29)33)24(31)15-7-10-16(11-8-15)30(34)35/h2-13,23,28,31H,1H3/b24-22+. The zero-order valence-electron chi connectivity index (χ0n) is 18.4. The van der Waals surface area contributed by atoms with Crippen molar-refractivity contribution in [1.29, 1.82) is 0 Å². The molecular weight excluding hydrogens is 470 g/mol. The number of aromatic amines is 1. The zero-order chi connectivity index (χ0) is 24.9. The summed E-state index contributed by atoms with van der Waals surface area (Å²) in [6.45, 7) is 1.83. The van der Waals surface area contributed by atoms with Gasteiger partial charge in [-0.25, -0.2) is 0 Å². The van der Waals surface area contributed by atoms with E-state index in [0.717, 1.165) is 16.5 Å². The number of nitro groups is 1. The van der Waals surface area contributed by atoms with Gasteiger partial charge >= 0.3 is 0 Å². The van der Waals surface area contributed by atoms with E-state index in [-0.39, 0.29) is 16.8 Å². The lowest BCUT2D eigenvalue weighted by atomic mass is 9.94. The second-order valence-corrected chi connectivity index (χ2v) is 8.60. The van der Waals surface area contributed by atoms with Crippen molar-refractivity contribution < 1.29 is 19.6 Å². The SMILES string of the molecule is Cc1ccc(N2C(=O)C(=O)/C(=C(/O)c3ccc([N+](=O)[O-])cc3)C2c2c[nH]c3ccccc23)cc1Cl. The molecular formula is C26H18ClN3O5. The number of carbonyl (C=O) groups excluding carboxylic acids is 2. The first-order valence-electron chi connectivity index (χ1n) is 10.7. The maximum Gasteiger partial charge on any atom is 0.300 e. The van der Waals surface area contributed by atoms with Crippen molar-refractivity contribution >= 4 is 51.3 Å². The van der Waals surface area contributed by atoms with Gasteiger partial charge in [-0.1, -0.05) is 35.9 Å². The minimum atomic E-state index is -0.958. The molecule has 1 aliphatic heterocycles. The van der Waals surface area contributed by atoms with Gasteiger partial charge in [0, 0.05) is 51.1 Å². The van der Waals surface area contributed by atoms with Crippen LogP contribution in [0.4, 0.5) is 11.4 Å². The number of nitrogens with zero attached hydrogens (tertiary/aromatic N) is 2. The van der Waals surface area contributed by atoms with Gasteiger partial charge in [-0.3, -0.25) is 24.6 Å². The van der Waals surface area contributed by atoms with Gasteiger partial charge in [0.25, 0.3) is 17.4 Å². The number of anilines is 1. The van der Waals surface area contributed by atoms with Crippen LogP contribution in [0, 0.1) is 17.0 Å². The van der Waals surface area contributed by atoms with Crippen LogP contribution in [0.2, 0.25) is 5.02 Å². The molecule has 5 rings (SSSR count). The number of aryl methyl sites for hydroxylation is 1. The number of aliphatic hydroxyl groups excluding tert-OH is 1. The summed E-state index contributed by atoms with van der Waals surface area (Å²) in [5, 5.41) is 23.4. The number of para-hydroxylation sites is 1. The number of aliphatic hydroxyl groups is 1. The van der Waals surface area contributed by atoms with Crippen LogP contribution in [-0.2, 0) is 9.59 Å². The maximum absolute atomic E-state index is 13.3. The first-order chi connectivity index (χ1) is 16.8. The fourth-order valence-corrected chi connectivity index (χ4v) is 4.52. The molecule has 0 spiro atoms. The van der Waals surface area contributed by atoms with Gasteiger partial charge in [0.15, 0.2) is 0 Å². The monoisotopic (exact) mass is 487 g/mol. The highest BCUT2D eigenvalue weighted by atomic mass is 35.5. The second kappa shape index (κ2) is 8.41. The molecule has 9 heteroatoms. The number of H-pyrrole nitrogens is 1. The summed E-state index contributed by atoms with van der Waals surface area (Å²) in [6.07, 6.45) is 1.70. The molecule has 0 saturated carbocycles. The molecule has 174 valence electrons. The summed E-state index contributed by atoms with van der Waals surface area (Å²) in [5.74, 6) is -2.11. The van der Waals surface area contributed by atoms with E-state index in [1.54, 1.807) is 24.4 Å². The van der Waals surface area contributed by atoms with Crippen molar-refractivity contribution in [3.63, 3.8) is 0 Å². The van der Waals surface area contributed by atoms with Gasteiger partial charge in [-0.2, -0.15) is 0 Å². The molecule has 0 bridgehead atoms. The topological polar surface area (TPSA) is 117 Å².